The second-order valence-corrected chi connectivity index (χ2v) is 7.59. The van der Waals surface area contributed by atoms with Gasteiger partial charge < -0.3 is 9.73 Å². The third kappa shape index (κ3) is 4.56. The van der Waals surface area contributed by atoms with Crippen molar-refractivity contribution in [2.75, 3.05) is 13.6 Å². The molecule has 1 aliphatic rings. The van der Waals surface area contributed by atoms with Crippen LogP contribution in [0.3, 0.4) is 0 Å². The molecule has 2 N–H and O–H groups in total. The predicted octanol–water partition coefficient (Wildman–Crippen LogP) is 2.56. The summed E-state index contributed by atoms with van der Waals surface area (Å²) in [6.45, 7) is 2.72. The maximum absolute atomic E-state index is 12.3. The third-order valence-electron chi connectivity index (χ3n) is 4.12. The molecule has 5 nitrogen and oxygen atoms in total. The minimum Gasteiger partial charge on any atom is -0.464 e. The summed E-state index contributed by atoms with van der Waals surface area (Å²) in [4.78, 5) is 0.258. The van der Waals surface area contributed by atoms with Gasteiger partial charge in [0.15, 0.2) is 0 Å². The van der Waals surface area contributed by atoms with Crippen LogP contribution in [0.2, 0.25) is 0 Å². The number of sulfonamides is 1. The summed E-state index contributed by atoms with van der Waals surface area (Å²) in [6.07, 6.45) is 7.31. The van der Waals surface area contributed by atoms with E-state index in [0.29, 0.717) is 24.6 Å². The van der Waals surface area contributed by atoms with E-state index in [-0.39, 0.29) is 4.90 Å². The predicted molar refractivity (Wildman–Crippen MR) is 82.6 cm³/mol. The second-order valence-electron chi connectivity index (χ2n) is 5.85. The zero-order chi connectivity index (χ0) is 15.3. The molecule has 1 aromatic rings. The summed E-state index contributed by atoms with van der Waals surface area (Å²) in [5, 5.41) is 2.95. The molecule has 2 rings (SSSR count). The van der Waals surface area contributed by atoms with Crippen molar-refractivity contribution < 1.29 is 12.8 Å². The highest BCUT2D eigenvalue weighted by molar-refractivity contribution is 7.89. The molecule has 120 valence electrons. The minimum atomic E-state index is -3.46. The Bertz CT molecular complexity index is 545. The number of hydrogen-bond donors (Lipinski definition) is 2. The first-order valence-corrected chi connectivity index (χ1v) is 9.25. The van der Waals surface area contributed by atoms with Gasteiger partial charge in [-0.25, -0.2) is 13.1 Å². The smallest absolute Gasteiger partial charge is 0.244 e. The molecule has 0 bridgehead atoms. The van der Waals surface area contributed by atoms with Crippen LogP contribution in [0.5, 0.6) is 0 Å². The molecule has 0 atom stereocenters. The fraction of sp³-hybridized carbons (Fsp3) is 0.733. The number of nitrogens with one attached hydrogen (secondary N) is 2. The SMILES string of the molecule is CNCc1cc(S(=O)(=O)NCCCC2CCCC2)c(C)o1. The monoisotopic (exact) mass is 314 g/mol. The highest BCUT2D eigenvalue weighted by atomic mass is 32.2. The van der Waals surface area contributed by atoms with Crippen molar-refractivity contribution in [3.63, 3.8) is 0 Å². The largest absolute Gasteiger partial charge is 0.464 e. The van der Waals surface area contributed by atoms with E-state index in [4.69, 9.17) is 4.42 Å². The van der Waals surface area contributed by atoms with Gasteiger partial charge in [-0.1, -0.05) is 25.7 Å². The summed E-state index contributed by atoms with van der Waals surface area (Å²) < 4.78 is 32.7. The van der Waals surface area contributed by atoms with Crippen molar-refractivity contribution in [1.29, 1.82) is 0 Å². The zero-order valence-corrected chi connectivity index (χ0v) is 13.8. The lowest BCUT2D eigenvalue weighted by molar-refractivity contribution is 0.465. The van der Waals surface area contributed by atoms with Crippen molar-refractivity contribution in [2.45, 2.75) is 56.9 Å². The number of aryl methyl sites for hydroxylation is 1. The summed E-state index contributed by atoms with van der Waals surface area (Å²) in [6, 6.07) is 1.60. The Labute approximate surface area is 127 Å². The highest BCUT2D eigenvalue weighted by Gasteiger charge is 2.21. The molecule has 1 saturated carbocycles. The second kappa shape index (κ2) is 7.42. The number of hydrogen-bond acceptors (Lipinski definition) is 4. The highest BCUT2D eigenvalue weighted by Crippen LogP contribution is 2.28. The Morgan fingerprint density at radius 2 is 2.05 bits per heavy atom. The molecule has 0 spiro atoms. The molecule has 0 aliphatic heterocycles. The first-order chi connectivity index (χ1) is 10.0. The lowest BCUT2D eigenvalue weighted by atomic mass is 10.0. The van der Waals surface area contributed by atoms with Gasteiger partial charge in [-0.05, 0) is 32.7 Å². The van der Waals surface area contributed by atoms with Crippen LogP contribution in [0, 0.1) is 12.8 Å². The molecule has 0 unspecified atom stereocenters. The van der Waals surface area contributed by atoms with Crippen LogP contribution >= 0.6 is 0 Å². The van der Waals surface area contributed by atoms with Gasteiger partial charge in [0.1, 0.15) is 16.4 Å². The van der Waals surface area contributed by atoms with E-state index in [1.165, 1.54) is 25.7 Å². The molecule has 21 heavy (non-hydrogen) atoms. The molecule has 1 aromatic heterocycles. The Morgan fingerprint density at radius 3 is 2.71 bits per heavy atom. The van der Waals surface area contributed by atoms with Gasteiger partial charge in [0, 0.05) is 12.6 Å². The van der Waals surface area contributed by atoms with Gasteiger partial charge in [-0.2, -0.15) is 0 Å². The van der Waals surface area contributed by atoms with Crippen molar-refractivity contribution >= 4 is 10.0 Å². The van der Waals surface area contributed by atoms with Gasteiger partial charge in [0.2, 0.25) is 10.0 Å². The fourth-order valence-corrected chi connectivity index (χ4v) is 4.30. The summed E-state index contributed by atoms with van der Waals surface area (Å²) >= 11 is 0. The third-order valence-corrected chi connectivity index (χ3v) is 5.69. The van der Waals surface area contributed by atoms with Crippen LogP contribution in [-0.4, -0.2) is 22.0 Å². The molecular formula is C15H26N2O3S. The normalized spacial score (nSPS) is 16.7. The standard InChI is InChI=1S/C15H26N2O3S/c1-12-15(10-14(20-12)11-16-2)21(18,19)17-9-5-8-13-6-3-4-7-13/h10,13,16-17H,3-9,11H2,1-2H3. The maximum Gasteiger partial charge on any atom is 0.244 e. The van der Waals surface area contributed by atoms with E-state index in [1.807, 2.05) is 0 Å². The molecule has 0 amide bonds. The molecule has 0 aromatic carbocycles. The van der Waals surface area contributed by atoms with Gasteiger partial charge in [0.25, 0.3) is 0 Å². The molecule has 1 fully saturated rings. The Morgan fingerprint density at radius 1 is 1.33 bits per heavy atom. The Balaban J connectivity index is 1.85. The van der Waals surface area contributed by atoms with Gasteiger partial charge >= 0.3 is 0 Å². The van der Waals surface area contributed by atoms with E-state index in [9.17, 15) is 8.42 Å². The Hall–Kier alpha value is -0.850. The molecular weight excluding hydrogens is 288 g/mol. The van der Waals surface area contributed by atoms with Crippen molar-refractivity contribution in [3.05, 3.63) is 17.6 Å². The van der Waals surface area contributed by atoms with Crippen LogP contribution < -0.4 is 10.0 Å². The summed E-state index contributed by atoms with van der Waals surface area (Å²) in [5.74, 6) is 1.89. The van der Waals surface area contributed by atoms with Crippen LogP contribution in [-0.2, 0) is 16.6 Å². The molecule has 1 aliphatic carbocycles. The van der Waals surface area contributed by atoms with E-state index >= 15 is 0 Å². The minimum absolute atomic E-state index is 0.258. The van der Waals surface area contributed by atoms with Gasteiger partial charge in [-0.3, -0.25) is 0 Å². The lowest BCUT2D eigenvalue weighted by Crippen LogP contribution is -2.25. The van der Waals surface area contributed by atoms with E-state index in [2.05, 4.69) is 10.0 Å². The van der Waals surface area contributed by atoms with E-state index in [0.717, 1.165) is 18.8 Å². The van der Waals surface area contributed by atoms with Gasteiger partial charge in [-0.15, -0.1) is 0 Å². The first kappa shape index (κ1) is 16.5. The van der Waals surface area contributed by atoms with E-state index < -0.39 is 10.0 Å². The van der Waals surface area contributed by atoms with Crippen LogP contribution in [0.4, 0.5) is 0 Å². The van der Waals surface area contributed by atoms with Crippen molar-refractivity contribution in [3.8, 4) is 0 Å². The van der Waals surface area contributed by atoms with Crippen LogP contribution in [0.25, 0.3) is 0 Å². The molecule has 1 heterocycles. The quantitative estimate of drug-likeness (QED) is 0.723. The average Bonchev–Trinajstić information content (AvgIpc) is 3.05. The summed E-state index contributed by atoms with van der Waals surface area (Å²) in [5.41, 5.74) is 0. The summed E-state index contributed by atoms with van der Waals surface area (Å²) in [7, 11) is -1.66. The number of rotatable bonds is 8. The van der Waals surface area contributed by atoms with E-state index in [1.54, 1.807) is 20.0 Å². The van der Waals surface area contributed by atoms with Crippen LogP contribution in [0.1, 0.15) is 50.0 Å². The Kier molecular flexibility index (Phi) is 5.84. The van der Waals surface area contributed by atoms with Gasteiger partial charge in [0.05, 0.1) is 6.54 Å². The number of furan rings is 1. The maximum atomic E-state index is 12.3. The van der Waals surface area contributed by atoms with Crippen molar-refractivity contribution in [2.24, 2.45) is 5.92 Å². The average molecular weight is 314 g/mol. The topological polar surface area (TPSA) is 71.3 Å². The van der Waals surface area contributed by atoms with Crippen LogP contribution in [0.15, 0.2) is 15.4 Å². The fourth-order valence-electron chi connectivity index (χ4n) is 3.03. The van der Waals surface area contributed by atoms with Crippen molar-refractivity contribution in [1.82, 2.24) is 10.0 Å². The zero-order valence-electron chi connectivity index (χ0n) is 12.9. The lowest BCUT2D eigenvalue weighted by Gasteiger charge is -2.09. The molecule has 0 radical (unpaired) electrons. The molecule has 6 heteroatoms. The first-order valence-electron chi connectivity index (χ1n) is 7.76. The molecule has 0 saturated heterocycles.